The number of amides is 1. The summed E-state index contributed by atoms with van der Waals surface area (Å²) >= 11 is 3.47. The van der Waals surface area contributed by atoms with Crippen LogP contribution >= 0.6 is 15.9 Å². The summed E-state index contributed by atoms with van der Waals surface area (Å²) in [7, 11) is 0. The minimum absolute atomic E-state index is 0.131. The average molecular weight is 471 g/mol. The number of ether oxygens (including phenoxy) is 1. The Bertz CT molecular complexity index is 970. The van der Waals surface area contributed by atoms with Gasteiger partial charge in [0.2, 0.25) is 0 Å². The van der Waals surface area contributed by atoms with Crippen LogP contribution in [0.5, 0.6) is 0 Å². The van der Waals surface area contributed by atoms with Crippen molar-refractivity contribution in [3.63, 3.8) is 0 Å². The topological polar surface area (TPSA) is 70.1 Å². The number of Topliss-reactive ketones (excluding diaryl/α,β-unsaturated/α-hetero) is 1. The first-order chi connectivity index (χ1) is 14.6. The highest BCUT2D eigenvalue weighted by Gasteiger charge is 2.46. The summed E-state index contributed by atoms with van der Waals surface area (Å²) in [5.74, 6) is -1.37. The van der Waals surface area contributed by atoms with E-state index in [-0.39, 0.29) is 11.3 Å². The number of halogens is 1. The molecule has 2 aromatic rings. The quantitative estimate of drug-likeness (QED) is 0.412. The van der Waals surface area contributed by atoms with Crippen LogP contribution in [0.15, 0.2) is 64.6 Å². The van der Waals surface area contributed by atoms with Crippen LogP contribution < -0.4 is 0 Å². The number of benzene rings is 2. The van der Waals surface area contributed by atoms with Crippen LogP contribution in [0.3, 0.4) is 0 Å². The first kappa shape index (κ1) is 20.8. The van der Waals surface area contributed by atoms with Gasteiger partial charge in [-0.15, -0.1) is 0 Å². The van der Waals surface area contributed by atoms with E-state index in [1.54, 1.807) is 29.2 Å². The maximum atomic E-state index is 13.0. The maximum Gasteiger partial charge on any atom is 0.295 e. The molecule has 2 aliphatic rings. The third kappa shape index (κ3) is 4.19. The molecule has 156 valence electrons. The predicted octanol–water partition coefficient (Wildman–Crippen LogP) is 3.20. The molecule has 0 radical (unpaired) electrons. The van der Waals surface area contributed by atoms with Crippen molar-refractivity contribution in [3.8, 4) is 0 Å². The van der Waals surface area contributed by atoms with E-state index in [1.807, 2.05) is 30.3 Å². The Balaban J connectivity index is 1.73. The molecule has 1 unspecified atom stereocenters. The van der Waals surface area contributed by atoms with Crippen molar-refractivity contribution in [1.82, 2.24) is 9.80 Å². The van der Waals surface area contributed by atoms with E-state index in [9.17, 15) is 14.7 Å². The number of aliphatic hydroxyl groups is 1. The van der Waals surface area contributed by atoms with Crippen molar-refractivity contribution in [2.75, 3.05) is 39.4 Å². The van der Waals surface area contributed by atoms with Crippen molar-refractivity contribution in [2.45, 2.75) is 6.04 Å². The first-order valence-electron chi connectivity index (χ1n) is 9.95. The van der Waals surface area contributed by atoms with E-state index in [2.05, 4.69) is 20.8 Å². The molecule has 0 spiro atoms. The van der Waals surface area contributed by atoms with Crippen LogP contribution in [0.25, 0.3) is 5.76 Å². The molecule has 2 fully saturated rings. The van der Waals surface area contributed by atoms with Gasteiger partial charge in [0, 0.05) is 36.2 Å². The molecule has 1 atom stereocenters. The molecule has 2 aromatic carbocycles. The second-order valence-corrected chi connectivity index (χ2v) is 8.28. The Kier molecular flexibility index (Phi) is 6.32. The number of nitrogens with zero attached hydrogens (tertiary/aromatic N) is 2. The number of aliphatic hydroxyl groups excluding tert-OH is 1. The van der Waals surface area contributed by atoms with Gasteiger partial charge in [-0.25, -0.2) is 0 Å². The van der Waals surface area contributed by atoms with E-state index in [0.29, 0.717) is 31.9 Å². The van der Waals surface area contributed by atoms with Gasteiger partial charge in [0.1, 0.15) is 5.76 Å². The molecule has 7 heteroatoms. The highest BCUT2D eigenvalue weighted by molar-refractivity contribution is 9.10. The molecule has 2 saturated heterocycles. The second-order valence-electron chi connectivity index (χ2n) is 7.37. The van der Waals surface area contributed by atoms with E-state index in [1.165, 1.54) is 0 Å². The molecule has 30 heavy (non-hydrogen) atoms. The zero-order valence-electron chi connectivity index (χ0n) is 16.5. The van der Waals surface area contributed by atoms with Crippen molar-refractivity contribution < 1.29 is 19.4 Å². The van der Waals surface area contributed by atoms with Crippen molar-refractivity contribution in [2.24, 2.45) is 0 Å². The van der Waals surface area contributed by atoms with Crippen LogP contribution in [0, 0.1) is 0 Å². The highest BCUT2D eigenvalue weighted by Crippen LogP contribution is 2.39. The highest BCUT2D eigenvalue weighted by atomic mass is 79.9. The number of carbonyl (C=O) groups excluding carboxylic acids is 2. The number of hydrogen-bond donors (Lipinski definition) is 1. The average Bonchev–Trinajstić information content (AvgIpc) is 3.03. The lowest BCUT2D eigenvalue weighted by atomic mass is 9.95. The van der Waals surface area contributed by atoms with Gasteiger partial charge in [-0.05, 0) is 17.7 Å². The lowest BCUT2D eigenvalue weighted by Crippen LogP contribution is -2.42. The number of rotatable bonds is 5. The zero-order chi connectivity index (χ0) is 21.1. The summed E-state index contributed by atoms with van der Waals surface area (Å²) in [6.45, 7) is 3.98. The Morgan fingerprint density at radius 3 is 2.47 bits per heavy atom. The van der Waals surface area contributed by atoms with Crippen LogP contribution in [0.4, 0.5) is 0 Å². The number of ketones is 1. The first-order valence-corrected chi connectivity index (χ1v) is 10.7. The van der Waals surface area contributed by atoms with Crippen molar-refractivity contribution >= 4 is 33.4 Å². The van der Waals surface area contributed by atoms with Crippen LogP contribution in [0.2, 0.25) is 0 Å². The SMILES string of the molecule is O=C1C(=O)N(CCN2CCOCC2)C(c2cccc(Br)c2)C1=C(O)c1ccccc1. The predicted molar refractivity (Wildman–Crippen MR) is 117 cm³/mol. The molecule has 0 aromatic heterocycles. The van der Waals surface area contributed by atoms with Crippen molar-refractivity contribution in [3.05, 3.63) is 75.8 Å². The number of morpholine rings is 1. The summed E-state index contributed by atoms with van der Waals surface area (Å²) in [5.41, 5.74) is 1.43. The Morgan fingerprint density at radius 1 is 1.03 bits per heavy atom. The molecule has 0 saturated carbocycles. The third-order valence-electron chi connectivity index (χ3n) is 5.51. The molecule has 6 nitrogen and oxygen atoms in total. The summed E-state index contributed by atoms with van der Waals surface area (Å²) in [6.07, 6.45) is 0. The molecular formula is C23H23BrN2O4. The summed E-state index contributed by atoms with van der Waals surface area (Å²) < 4.78 is 6.23. The third-order valence-corrected chi connectivity index (χ3v) is 6.01. The molecule has 2 heterocycles. The normalized spacial score (nSPS) is 21.9. The monoisotopic (exact) mass is 470 g/mol. The summed E-state index contributed by atoms with van der Waals surface area (Å²) in [4.78, 5) is 29.8. The Hall–Kier alpha value is -2.48. The van der Waals surface area contributed by atoms with Gasteiger partial charge in [-0.3, -0.25) is 14.5 Å². The van der Waals surface area contributed by atoms with Gasteiger partial charge in [0.25, 0.3) is 11.7 Å². The van der Waals surface area contributed by atoms with E-state index in [4.69, 9.17) is 4.74 Å². The van der Waals surface area contributed by atoms with Gasteiger partial charge in [-0.1, -0.05) is 58.4 Å². The fourth-order valence-corrected chi connectivity index (χ4v) is 4.38. The minimum atomic E-state index is -0.650. The van der Waals surface area contributed by atoms with E-state index in [0.717, 1.165) is 23.1 Å². The standard InChI is InChI=1S/C23H23BrN2O4/c24-18-8-4-7-17(15-18)20-19(21(27)16-5-2-1-3-6-16)22(28)23(29)26(20)10-9-25-11-13-30-14-12-25/h1-8,15,20,27H,9-14H2. The molecule has 2 aliphatic heterocycles. The molecule has 1 amide bonds. The van der Waals surface area contributed by atoms with E-state index < -0.39 is 17.7 Å². The molecular weight excluding hydrogens is 448 g/mol. The van der Waals surface area contributed by atoms with E-state index >= 15 is 0 Å². The van der Waals surface area contributed by atoms with Crippen LogP contribution in [-0.2, 0) is 14.3 Å². The summed E-state index contributed by atoms with van der Waals surface area (Å²) in [6, 6.07) is 15.8. The van der Waals surface area contributed by atoms with Gasteiger partial charge in [-0.2, -0.15) is 0 Å². The molecule has 1 N–H and O–H groups in total. The lowest BCUT2D eigenvalue weighted by Gasteiger charge is -2.31. The molecule has 4 rings (SSSR count). The number of carbonyl (C=O) groups is 2. The van der Waals surface area contributed by atoms with Gasteiger partial charge < -0.3 is 14.7 Å². The fourth-order valence-electron chi connectivity index (χ4n) is 3.96. The van der Waals surface area contributed by atoms with Gasteiger partial charge in [0.05, 0.1) is 24.8 Å². The van der Waals surface area contributed by atoms with Crippen molar-refractivity contribution in [1.29, 1.82) is 0 Å². The van der Waals surface area contributed by atoms with Crippen LogP contribution in [0.1, 0.15) is 17.2 Å². The number of hydrogen-bond acceptors (Lipinski definition) is 5. The number of likely N-dealkylation sites (tertiary alicyclic amines) is 1. The Labute approximate surface area is 183 Å². The van der Waals surface area contributed by atoms with Gasteiger partial charge >= 0.3 is 0 Å². The second kappa shape index (κ2) is 9.12. The fraction of sp³-hybridized carbons (Fsp3) is 0.304. The summed E-state index contributed by atoms with van der Waals surface area (Å²) in [5, 5.41) is 11.0. The largest absolute Gasteiger partial charge is 0.507 e. The molecule has 0 aliphatic carbocycles. The Morgan fingerprint density at radius 2 is 1.77 bits per heavy atom. The van der Waals surface area contributed by atoms with Gasteiger partial charge in [0.15, 0.2) is 0 Å². The minimum Gasteiger partial charge on any atom is -0.507 e. The van der Waals surface area contributed by atoms with Crippen LogP contribution in [-0.4, -0.2) is 66.0 Å². The maximum absolute atomic E-state index is 13.0. The lowest BCUT2D eigenvalue weighted by molar-refractivity contribution is -0.140. The molecule has 0 bridgehead atoms. The zero-order valence-corrected chi connectivity index (χ0v) is 18.0. The smallest absolute Gasteiger partial charge is 0.295 e.